The Morgan fingerprint density at radius 1 is 1.26 bits per heavy atom. The van der Waals surface area contributed by atoms with E-state index in [0.29, 0.717) is 6.42 Å². The highest BCUT2D eigenvalue weighted by molar-refractivity contribution is 7.14. The molecular weight excluding hydrogens is 426 g/mol. The maximum absolute atomic E-state index is 13.3. The van der Waals surface area contributed by atoms with E-state index in [0.717, 1.165) is 33.9 Å². The van der Waals surface area contributed by atoms with Gasteiger partial charge >= 0.3 is 0 Å². The first-order chi connectivity index (χ1) is 15.0. The number of carbonyl (C=O) groups is 2. The largest absolute Gasteiger partial charge is 0.353 e. The number of anilines is 1. The summed E-state index contributed by atoms with van der Waals surface area (Å²) in [6, 6.07) is 9.90. The first-order valence-electron chi connectivity index (χ1n) is 10.7. The molecule has 4 rings (SSSR count). The number of rotatable bonds is 6. The summed E-state index contributed by atoms with van der Waals surface area (Å²) in [4.78, 5) is 32.8. The topological polar surface area (TPSA) is 62.3 Å². The second-order valence-electron chi connectivity index (χ2n) is 8.11. The van der Waals surface area contributed by atoms with Crippen LogP contribution < -0.4 is 10.2 Å². The number of nitrogens with zero attached hydrogens (tertiary/aromatic N) is 2. The van der Waals surface area contributed by atoms with Crippen LogP contribution in [0.15, 0.2) is 46.5 Å². The lowest BCUT2D eigenvalue weighted by Crippen LogP contribution is -2.47. The van der Waals surface area contributed by atoms with E-state index in [4.69, 9.17) is 0 Å². The Hall–Kier alpha value is -2.51. The zero-order valence-electron chi connectivity index (χ0n) is 18.0. The monoisotopic (exact) mass is 453 g/mol. The molecule has 162 valence electrons. The summed E-state index contributed by atoms with van der Waals surface area (Å²) in [7, 11) is 0. The SMILES string of the molecule is CC[C@H](C)NC(=O)[C@H]1C[C@H](C)N(C(=O)Cc2csc(-c3ccsc3)n2)c2ccccc21. The van der Waals surface area contributed by atoms with Crippen LogP contribution in [0.5, 0.6) is 0 Å². The summed E-state index contributed by atoms with van der Waals surface area (Å²) in [5, 5.41) is 10.1. The summed E-state index contributed by atoms with van der Waals surface area (Å²) in [5.74, 6) is -0.183. The number of hydrogen-bond donors (Lipinski definition) is 1. The van der Waals surface area contributed by atoms with Gasteiger partial charge in [-0.1, -0.05) is 25.1 Å². The lowest BCUT2D eigenvalue weighted by molar-refractivity contribution is -0.124. The highest BCUT2D eigenvalue weighted by atomic mass is 32.1. The van der Waals surface area contributed by atoms with E-state index in [9.17, 15) is 9.59 Å². The van der Waals surface area contributed by atoms with Crippen molar-refractivity contribution in [2.24, 2.45) is 0 Å². The summed E-state index contributed by atoms with van der Waals surface area (Å²) in [6.07, 6.45) is 1.76. The van der Waals surface area contributed by atoms with Crippen LogP contribution in [0.3, 0.4) is 0 Å². The van der Waals surface area contributed by atoms with Crippen molar-refractivity contribution < 1.29 is 9.59 Å². The molecule has 0 bridgehead atoms. The molecule has 0 saturated carbocycles. The van der Waals surface area contributed by atoms with E-state index in [2.05, 4.69) is 22.6 Å². The molecule has 2 aromatic heterocycles. The molecule has 0 aliphatic carbocycles. The van der Waals surface area contributed by atoms with Gasteiger partial charge in [0.2, 0.25) is 11.8 Å². The minimum Gasteiger partial charge on any atom is -0.353 e. The fraction of sp³-hybridized carbons (Fsp3) is 0.375. The lowest BCUT2D eigenvalue weighted by Gasteiger charge is -2.39. The molecule has 0 saturated heterocycles. The van der Waals surface area contributed by atoms with Crippen LogP contribution in [-0.2, 0) is 16.0 Å². The van der Waals surface area contributed by atoms with Gasteiger partial charge in [-0.3, -0.25) is 9.59 Å². The standard InChI is InChI=1S/C24H27N3O2S2/c1-4-15(2)25-23(29)20-11-16(3)27(21-8-6-5-7-19(20)21)22(28)12-18-14-31-24(26-18)17-9-10-30-13-17/h5-10,13-16,20H,4,11-12H2,1-3H3,(H,25,29)/t15-,16-,20-/m0/s1. The number of aromatic nitrogens is 1. The number of hydrogen-bond acceptors (Lipinski definition) is 5. The van der Waals surface area contributed by atoms with Gasteiger partial charge in [-0.2, -0.15) is 11.3 Å². The van der Waals surface area contributed by atoms with Crippen LogP contribution in [0, 0.1) is 0 Å². The van der Waals surface area contributed by atoms with Gasteiger partial charge in [-0.25, -0.2) is 4.98 Å². The molecule has 3 atom stereocenters. The molecule has 3 aromatic rings. The number of benzene rings is 1. The molecule has 0 unspecified atom stereocenters. The summed E-state index contributed by atoms with van der Waals surface area (Å²) in [6.45, 7) is 6.10. The number of fused-ring (bicyclic) bond motifs is 1. The zero-order valence-corrected chi connectivity index (χ0v) is 19.6. The van der Waals surface area contributed by atoms with Crippen molar-refractivity contribution in [3.05, 3.63) is 57.7 Å². The van der Waals surface area contributed by atoms with Gasteiger partial charge in [-0.15, -0.1) is 11.3 Å². The molecule has 31 heavy (non-hydrogen) atoms. The van der Waals surface area contributed by atoms with E-state index < -0.39 is 0 Å². The number of para-hydroxylation sites is 1. The normalized spacial score (nSPS) is 19.0. The predicted molar refractivity (Wildman–Crippen MR) is 128 cm³/mol. The Kier molecular flexibility index (Phi) is 6.53. The average molecular weight is 454 g/mol. The van der Waals surface area contributed by atoms with E-state index in [1.807, 2.05) is 59.8 Å². The number of thiazole rings is 1. The molecule has 0 radical (unpaired) electrons. The molecule has 0 fully saturated rings. The number of thiophene rings is 1. The smallest absolute Gasteiger partial charge is 0.233 e. The summed E-state index contributed by atoms with van der Waals surface area (Å²) in [5.41, 5.74) is 3.65. The number of nitrogens with one attached hydrogen (secondary N) is 1. The molecule has 7 heteroatoms. The molecule has 3 heterocycles. The van der Waals surface area contributed by atoms with Crippen molar-refractivity contribution in [3.8, 4) is 10.6 Å². The number of amides is 2. The Labute approximate surface area is 191 Å². The maximum atomic E-state index is 13.3. The first-order valence-corrected chi connectivity index (χ1v) is 12.5. The first kappa shape index (κ1) is 21.7. The van der Waals surface area contributed by atoms with E-state index >= 15 is 0 Å². The van der Waals surface area contributed by atoms with Gasteiger partial charge in [0.25, 0.3) is 0 Å². The molecule has 1 aliphatic rings. The van der Waals surface area contributed by atoms with Crippen molar-refractivity contribution in [2.75, 3.05) is 4.90 Å². The van der Waals surface area contributed by atoms with Crippen LogP contribution in [-0.4, -0.2) is 28.9 Å². The quantitative estimate of drug-likeness (QED) is 0.555. The highest BCUT2D eigenvalue weighted by Gasteiger charge is 2.37. The third-order valence-electron chi connectivity index (χ3n) is 5.83. The fourth-order valence-corrected chi connectivity index (χ4v) is 5.57. The minimum atomic E-state index is -0.242. The molecule has 1 N–H and O–H groups in total. The predicted octanol–water partition coefficient (Wildman–Crippen LogP) is 5.24. The van der Waals surface area contributed by atoms with Crippen LogP contribution in [0.4, 0.5) is 5.69 Å². The Bertz CT molecular complexity index is 1060. The van der Waals surface area contributed by atoms with Crippen LogP contribution in [0.1, 0.15) is 50.8 Å². The molecular formula is C24H27N3O2S2. The van der Waals surface area contributed by atoms with Crippen LogP contribution >= 0.6 is 22.7 Å². The van der Waals surface area contributed by atoms with Gasteiger partial charge < -0.3 is 10.2 Å². The minimum absolute atomic E-state index is 0.0166. The Morgan fingerprint density at radius 2 is 2.06 bits per heavy atom. The van der Waals surface area contributed by atoms with Crippen LogP contribution in [0.2, 0.25) is 0 Å². The van der Waals surface area contributed by atoms with Crippen molar-refractivity contribution >= 4 is 40.2 Å². The molecule has 1 aliphatic heterocycles. The average Bonchev–Trinajstić information content (AvgIpc) is 3.44. The van der Waals surface area contributed by atoms with Gasteiger partial charge in [-0.05, 0) is 49.8 Å². The van der Waals surface area contributed by atoms with Crippen molar-refractivity contribution in [3.63, 3.8) is 0 Å². The van der Waals surface area contributed by atoms with Gasteiger partial charge in [0.15, 0.2) is 0 Å². The molecule has 5 nitrogen and oxygen atoms in total. The maximum Gasteiger partial charge on any atom is 0.233 e. The summed E-state index contributed by atoms with van der Waals surface area (Å²) < 4.78 is 0. The van der Waals surface area contributed by atoms with E-state index in [-0.39, 0.29) is 36.2 Å². The second kappa shape index (κ2) is 9.32. The van der Waals surface area contributed by atoms with E-state index in [1.54, 1.807) is 22.7 Å². The summed E-state index contributed by atoms with van der Waals surface area (Å²) >= 11 is 3.21. The van der Waals surface area contributed by atoms with Gasteiger partial charge in [0, 0.05) is 34.1 Å². The third-order valence-corrected chi connectivity index (χ3v) is 7.45. The number of carbonyl (C=O) groups excluding carboxylic acids is 2. The third kappa shape index (κ3) is 4.57. The van der Waals surface area contributed by atoms with Crippen molar-refractivity contribution in [1.29, 1.82) is 0 Å². The highest BCUT2D eigenvalue weighted by Crippen LogP contribution is 2.39. The lowest BCUT2D eigenvalue weighted by atomic mass is 9.85. The van der Waals surface area contributed by atoms with Crippen LogP contribution in [0.25, 0.3) is 10.6 Å². The molecule has 2 amide bonds. The molecule has 1 aromatic carbocycles. The molecule has 0 spiro atoms. The van der Waals surface area contributed by atoms with E-state index in [1.165, 1.54) is 0 Å². The zero-order chi connectivity index (χ0) is 22.0. The van der Waals surface area contributed by atoms with Gasteiger partial charge in [0.1, 0.15) is 5.01 Å². The second-order valence-corrected chi connectivity index (χ2v) is 9.75. The Morgan fingerprint density at radius 3 is 2.81 bits per heavy atom. The Balaban J connectivity index is 1.56. The van der Waals surface area contributed by atoms with Crippen molar-refractivity contribution in [2.45, 2.75) is 58.0 Å². The van der Waals surface area contributed by atoms with Crippen molar-refractivity contribution in [1.82, 2.24) is 10.3 Å². The fourth-order valence-electron chi connectivity index (χ4n) is 4.03. The van der Waals surface area contributed by atoms with Gasteiger partial charge in [0.05, 0.1) is 18.0 Å².